The molecular weight excluding hydrogens is 589 g/mol. The summed E-state index contributed by atoms with van der Waals surface area (Å²) in [4.78, 5) is 0. The van der Waals surface area contributed by atoms with Gasteiger partial charge >= 0.3 is 0 Å². The average Bonchev–Trinajstić information content (AvgIpc) is 3.82. The van der Waals surface area contributed by atoms with Crippen LogP contribution in [0.1, 0.15) is 11.1 Å². The number of aromatic nitrogens is 2. The van der Waals surface area contributed by atoms with Crippen molar-refractivity contribution in [3.63, 3.8) is 0 Å². The van der Waals surface area contributed by atoms with Gasteiger partial charge in [-0.15, -0.1) is 32.9 Å². The Morgan fingerprint density at radius 1 is 0.422 bits per heavy atom. The van der Waals surface area contributed by atoms with Crippen molar-refractivity contribution < 1.29 is 4.42 Å². The number of fused-ring (bicyclic) bond motifs is 6. The lowest BCUT2D eigenvalue weighted by atomic mass is 10.0. The second kappa shape index (κ2) is 10.2. The molecule has 0 unspecified atom stereocenters. The summed E-state index contributed by atoms with van der Waals surface area (Å²) in [6, 6.07) is 43.1. The summed E-state index contributed by atoms with van der Waals surface area (Å²) in [5.74, 6) is 1.03. The van der Waals surface area contributed by atoms with Crippen molar-refractivity contribution in [2.45, 2.75) is 13.8 Å². The van der Waals surface area contributed by atoms with Gasteiger partial charge in [-0.25, -0.2) is 0 Å². The van der Waals surface area contributed by atoms with Crippen LogP contribution in [0.15, 0.2) is 126 Å². The van der Waals surface area contributed by atoms with Crippen LogP contribution in [0.4, 0.5) is 0 Å². The van der Waals surface area contributed by atoms with Gasteiger partial charge < -0.3 is 4.42 Å². The van der Waals surface area contributed by atoms with Gasteiger partial charge in [-0.1, -0.05) is 97.1 Å². The molecule has 9 aromatic rings. The third-order valence-electron chi connectivity index (χ3n) is 8.71. The van der Waals surface area contributed by atoms with E-state index in [4.69, 9.17) is 4.42 Å². The van der Waals surface area contributed by atoms with Crippen LogP contribution in [-0.2, 0) is 0 Å². The van der Waals surface area contributed by atoms with Crippen LogP contribution in [0.3, 0.4) is 0 Å². The highest BCUT2D eigenvalue weighted by Crippen LogP contribution is 2.43. The maximum absolute atomic E-state index is 6.32. The van der Waals surface area contributed by atoms with E-state index < -0.39 is 0 Å². The second-order valence-electron chi connectivity index (χ2n) is 11.5. The molecule has 0 saturated carbocycles. The molecule has 0 aliphatic carbocycles. The lowest BCUT2D eigenvalue weighted by Gasteiger charge is -2.06. The zero-order valence-corrected chi connectivity index (χ0v) is 26.3. The average molecular weight is 615 g/mol. The van der Waals surface area contributed by atoms with E-state index in [1.54, 1.807) is 0 Å². The van der Waals surface area contributed by atoms with Crippen molar-refractivity contribution in [2.24, 2.45) is 0 Å². The Morgan fingerprint density at radius 2 is 0.800 bits per heavy atom. The van der Waals surface area contributed by atoms with E-state index in [0.717, 1.165) is 22.3 Å². The molecule has 0 amide bonds. The van der Waals surface area contributed by atoms with Crippen molar-refractivity contribution in [2.75, 3.05) is 0 Å². The van der Waals surface area contributed by atoms with Crippen LogP contribution in [0.2, 0.25) is 0 Å². The van der Waals surface area contributed by atoms with Crippen LogP contribution in [0.25, 0.3) is 85.5 Å². The highest BCUT2D eigenvalue weighted by Gasteiger charge is 2.16. The van der Waals surface area contributed by atoms with E-state index in [1.165, 1.54) is 62.6 Å². The molecule has 6 aromatic carbocycles. The molecule has 9 rings (SSSR count). The molecule has 0 radical (unpaired) electrons. The van der Waals surface area contributed by atoms with E-state index in [-0.39, 0.29) is 0 Å². The SMILES string of the molecule is Cc1cccc2c1sc1c(-c3cccc(-c4nnc(-c5cccc(-c6cccc7c6sc6c(C)cccc67)c5)o4)c3)cccc12. The van der Waals surface area contributed by atoms with Crippen molar-refractivity contribution in [3.8, 4) is 45.2 Å². The first-order valence-electron chi connectivity index (χ1n) is 15.0. The number of hydrogen-bond donors (Lipinski definition) is 0. The van der Waals surface area contributed by atoms with Crippen molar-refractivity contribution >= 4 is 63.0 Å². The molecule has 0 fully saturated rings. The topological polar surface area (TPSA) is 38.9 Å². The molecule has 0 atom stereocenters. The smallest absolute Gasteiger partial charge is 0.248 e. The Bertz CT molecular complexity index is 2410. The molecule has 3 aromatic heterocycles. The third kappa shape index (κ3) is 4.23. The van der Waals surface area contributed by atoms with Gasteiger partial charge in [0.05, 0.1) is 0 Å². The standard InChI is InChI=1S/C40H26N2OS2/c1-23-9-3-17-31-33-19-7-15-29(37(33)44-35(23)31)25-11-5-13-27(21-25)39-41-42-40(43-39)28-14-6-12-26(22-28)30-16-8-20-34-32-18-4-10-24(2)36(32)45-38(30)34/h3-22H,1-2H3. The highest BCUT2D eigenvalue weighted by atomic mass is 32.1. The Morgan fingerprint density at radius 3 is 1.27 bits per heavy atom. The maximum atomic E-state index is 6.32. The highest BCUT2D eigenvalue weighted by molar-refractivity contribution is 7.27. The van der Waals surface area contributed by atoms with E-state index in [2.05, 4.69) is 133 Å². The summed E-state index contributed by atoms with van der Waals surface area (Å²) >= 11 is 3.73. The fourth-order valence-corrected chi connectivity index (χ4v) is 9.08. The first kappa shape index (κ1) is 26.3. The summed E-state index contributed by atoms with van der Waals surface area (Å²) in [6.45, 7) is 4.37. The Hall–Kier alpha value is -5.10. The predicted octanol–water partition coefficient (Wildman–Crippen LogP) is 12.1. The number of hydrogen-bond acceptors (Lipinski definition) is 5. The van der Waals surface area contributed by atoms with E-state index in [9.17, 15) is 0 Å². The molecule has 3 nitrogen and oxygen atoms in total. The summed E-state index contributed by atoms with van der Waals surface area (Å²) in [5, 5.41) is 14.2. The zero-order valence-electron chi connectivity index (χ0n) is 24.7. The molecule has 0 aliphatic rings. The van der Waals surface area contributed by atoms with E-state index >= 15 is 0 Å². The van der Waals surface area contributed by atoms with Crippen LogP contribution >= 0.6 is 22.7 Å². The van der Waals surface area contributed by atoms with Crippen LogP contribution in [0.5, 0.6) is 0 Å². The quantitative estimate of drug-likeness (QED) is 0.198. The monoisotopic (exact) mass is 614 g/mol. The van der Waals surface area contributed by atoms with Gasteiger partial charge in [0, 0.05) is 51.5 Å². The molecule has 0 aliphatic heterocycles. The Kier molecular flexibility index (Phi) is 5.98. The molecule has 214 valence electrons. The molecule has 5 heteroatoms. The first-order valence-corrected chi connectivity index (χ1v) is 16.6. The minimum absolute atomic E-state index is 0.513. The minimum atomic E-state index is 0.513. The largest absolute Gasteiger partial charge is 0.416 e. The molecule has 45 heavy (non-hydrogen) atoms. The lowest BCUT2D eigenvalue weighted by Crippen LogP contribution is -1.82. The van der Waals surface area contributed by atoms with E-state index in [0.29, 0.717) is 11.8 Å². The Balaban J connectivity index is 1.09. The zero-order chi connectivity index (χ0) is 30.1. The predicted molar refractivity (Wildman–Crippen MR) is 191 cm³/mol. The Labute approximate surface area is 268 Å². The number of nitrogens with zero attached hydrogens (tertiary/aromatic N) is 2. The number of rotatable bonds is 4. The first-order chi connectivity index (χ1) is 22.1. The summed E-state index contributed by atoms with van der Waals surface area (Å²) in [5.41, 5.74) is 9.13. The molecule has 0 saturated heterocycles. The third-order valence-corrected chi connectivity index (χ3v) is 11.5. The summed E-state index contributed by atoms with van der Waals surface area (Å²) in [7, 11) is 0. The van der Waals surface area contributed by atoms with Gasteiger partial charge in [-0.05, 0) is 71.5 Å². The molecule has 0 spiro atoms. The van der Waals surface area contributed by atoms with Gasteiger partial charge in [0.25, 0.3) is 0 Å². The van der Waals surface area contributed by atoms with Crippen LogP contribution < -0.4 is 0 Å². The molecular formula is C40H26N2OS2. The summed E-state index contributed by atoms with van der Waals surface area (Å²) in [6.07, 6.45) is 0. The van der Waals surface area contributed by atoms with Crippen LogP contribution in [0, 0.1) is 13.8 Å². The fourth-order valence-electron chi connectivity index (χ4n) is 6.47. The van der Waals surface area contributed by atoms with Gasteiger partial charge in [-0.2, -0.15) is 0 Å². The number of benzene rings is 6. The van der Waals surface area contributed by atoms with Crippen LogP contribution in [-0.4, -0.2) is 10.2 Å². The summed E-state index contributed by atoms with van der Waals surface area (Å²) < 4.78 is 11.6. The van der Waals surface area contributed by atoms with Crippen molar-refractivity contribution in [3.05, 3.63) is 132 Å². The van der Waals surface area contributed by atoms with Gasteiger partial charge in [0.15, 0.2) is 0 Å². The normalized spacial score (nSPS) is 11.8. The van der Waals surface area contributed by atoms with E-state index in [1.807, 2.05) is 34.8 Å². The van der Waals surface area contributed by atoms with Gasteiger partial charge in [0.2, 0.25) is 11.8 Å². The minimum Gasteiger partial charge on any atom is -0.416 e. The fraction of sp³-hybridized carbons (Fsp3) is 0.0500. The van der Waals surface area contributed by atoms with Gasteiger partial charge in [0.1, 0.15) is 0 Å². The van der Waals surface area contributed by atoms with Crippen molar-refractivity contribution in [1.82, 2.24) is 10.2 Å². The van der Waals surface area contributed by atoms with Gasteiger partial charge in [-0.3, -0.25) is 0 Å². The maximum Gasteiger partial charge on any atom is 0.248 e. The second-order valence-corrected chi connectivity index (χ2v) is 13.6. The number of aryl methyl sites for hydroxylation is 2. The van der Waals surface area contributed by atoms with Crippen molar-refractivity contribution in [1.29, 1.82) is 0 Å². The molecule has 3 heterocycles. The lowest BCUT2D eigenvalue weighted by molar-refractivity contribution is 0.584. The molecule has 0 bridgehead atoms. The number of thiophene rings is 2. The molecule has 0 N–H and O–H groups in total.